The maximum Gasteiger partial charge on any atom is 0.274 e. The summed E-state index contributed by atoms with van der Waals surface area (Å²) in [7, 11) is 1.84. The van der Waals surface area contributed by atoms with Crippen molar-refractivity contribution in [2.45, 2.75) is 32.7 Å². The summed E-state index contributed by atoms with van der Waals surface area (Å²) in [5, 5.41) is 20.1. The Bertz CT molecular complexity index is 1890. The SMILES string of the molecule is Cc1ccc(NC(=O)c2cc(C(C)(C)C#N)ccn2)cc1-c1cc2cnc(=Nc3cnn(C)c3)nc-2n2c1NCC2. The summed E-state index contributed by atoms with van der Waals surface area (Å²) in [6.07, 6.45) is 6.83. The van der Waals surface area contributed by atoms with Crippen LogP contribution < -0.4 is 16.3 Å². The molecule has 0 aliphatic carbocycles. The highest BCUT2D eigenvalue weighted by atomic mass is 16.1. The van der Waals surface area contributed by atoms with Gasteiger partial charge in [0, 0.05) is 49.3 Å². The number of amides is 1. The molecule has 11 nitrogen and oxygen atoms in total. The number of benzene rings is 1. The molecule has 3 aromatic rings. The zero-order chi connectivity index (χ0) is 28.7. The smallest absolute Gasteiger partial charge is 0.274 e. The van der Waals surface area contributed by atoms with Gasteiger partial charge in [-0.3, -0.25) is 14.5 Å². The third-order valence-electron chi connectivity index (χ3n) is 7.19. The highest BCUT2D eigenvalue weighted by Gasteiger charge is 2.24. The van der Waals surface area contributed by atoms with E-state index in [0.29, 0.717) is 17.0 Å². The molecule has 41 heavy (non-hydrogen) atoms. The largest absolute Gasteiger partial charge is 0.369 e. The average Bonchev–Trinajstić information content (AvgIpc) is 3.63. The molecular weight excluding hydrogens is 516 g/mol. The summed E-state index contributed by atoms with van der Waals surface area (Å²) >= 11 is 0. The predicted octanol–water partition coefficient (Wildman–Crippen LogP) is 4.20. The van der Waals surface area contributed by atoms with Gasteiger partial charge in [0.05, 0.1) is 23.9 Å². The molecule has 0 atom stereocenters. The lowest BCUT2D eigenvalue weighted by molar-refractivity contribution is 0.102. The number of hydrogen-bond donors (Lipinski definition) is 2. The zero-order valence-electron chi connectivity index (χ0n) is 23.2. The summed E-state index contributed by atoms with van der Waals surface area (Å²) in [5.74, 6) is 1.40. The van der Waals surface area contributed by atoms with Gasteiger partial charge in [0.2, 0.25) is 0 Å². The van der Waals surface area contributed by atoms with Crippen LogP contribution in [0.1, 0.15) is 35.5 Å². The zero-order valence-corrected chi connectivity index (χ0v) is 23.2. The van der Waals surface area contributed by atoms with Crippen LogP contribution in [0.2, 0.25) is 0 Å². The van der Waals surface area contributed by atoms with Crippen LogP contribution in [0.25, 0.3) is 22.5 Å². The first-order valence-electron chi connectivity index (χ1n) is 13.2. The van der Waals surface area contributed by atoms with Gasteiger partial charge in [-0.1, -0.05) is 6.07 Å². The van der Waals surface area contributed by atoms with Gasteiger partial charge < -0.3 is 15.2 Å². The van der Waals surface area contributed by atoms with Crippen molar-refractivity contribution in [2.75, 3.05) is 17.2 Å². The normalized spacial score (nSPS) is 13.1. The quantitative estimate of drug-likeness (QED) is 0.338. The van der Waals surface area contributed by atoms with Crippen LogP contribution in [0.15, 0.2) is 66.2 Å². The second-order valence-electron chi connectivity index (χ2n) is 10.6. The first-order valence-corrected chi connectivity index (χ1v) is 13.2. The van der Waals surface area contributed by atoms with Crippen LogP contribution in [0.4, 0.5) is 17.2 Å². The van der Waals surface area contributed by atoms with Gasteiger partial charge in [-0.2, -0.15) is 15.3 Å². The molecule has 0 radical (unpaired) electrons. The number of nitrogens with one attached hydrogen (secondary N) is 2. The van der Waals surface area contributed by atoms with Gasteiger partial charge in [0.1, 0.15) is 23.0 Å². The third-order valence-corrected chi connectivity index (χ3v) is 7.19. The van der Waals surface area contributed by atoms with E-state index < -0.39 is 5.41 Å². The topological polar surface area (TPSA) is 139 Å². The minimum atomic E-state index is -0.729. The molecule has 0 saturated carbocycles. The molecule has 0 unspecified atom stereocenters. The second kappa shape index (κ2) is 9.98. The molecule has 1 aromatic carbocycles. The molecule has 0 saturated heterocycles. The van der Waals surface area contributed by atoms with Crippen LogP contribution >= 0.6 is 0 Å². The van der Waals surface area contributed by atoms with Crippen LogP contribution in [0.5, 0.6) is 0 Å². The lowest BCUT2D eigenvalue weighted by Gasteiger charge is -2.19. The van der Waals surface area contributed by atoms with Crippen LogP contribution in [0, 0.1) is 18.3 Å². The summed E-state index contributed by atoms with van der Waals surface area (Å²) in [5.41, 5.74) is 5.85. The van der Waals surface area contributed by atoms with E-state index in [0.717, 1.165) is 52.5 Å². The Balaban J connectivity index is 1.36. The number of carbonyl (C=O) groups excluding carboxylic acids is 1. The minimum absolute atomic E-state index is 0.251. The number of anilines is 2. The Morgan fingerprint density at radius 3 is 2.78 bits per heavy atom. The first kappa shape index (κ1) is 25.9. The number of carbonyl (C=O) groups is 1. The summed E-state index contributed by atoms with van der Waals surface area (Å²) in [6, 6.07) is 13.6. The Hall–Kier alpha value is -5.37. The van der Waals surface area contributed by atoms with E-state index >= 15 is 0 Å². The highest BCUT2D eigenvalue weighted by Crippen LogP contribution is 2.39. The molecule has 3 aliphatic heterocycles. The number of rotatable bonds is 5. The summed E-state index contributed by atoms with van der Waals surface area (Å²) in [6.45, 7) is 7.18. The van der Waals surface area contributed by atoms with Crippen molar-refractivity contribution in [3.63, 3.8) is 0 Å². The maximum absolute atomic E-state index is 13.1. The molecule has 2 aromatic heterocycles. The van der Waals surface area contributed by atoms with E-state index in [1.807, 2.05) is 52.2 Å². The number of fused-ring (bicyclic) bond motifs is 3. The van der Waals surface area contributed by atoms with Crippen molar-refractivity contribution >= 4 is 23.1 Å². The predicted molar refractivity (Wildman–Crippen MR) is 155 cm³/mol. The molecule has 11 heteroatoms. The lowest BCUT2D eigenvalue weighted by Crippen LogP contribution is -2.18. The first-order chi connectivity index (χ1) is 19.7. The summed E-state index contributed by atoms with van der Waals surface area (Å²) in [4.78, 5) is 31.1. The number of nitriles is 1. The second-order valence-corrected chi connectivity index (χ2v) is 10.6. The maximum atomic E-state index is 13.1. The molecule has 6 rings (SSSR count). The van der Waals surface area contributed by atoms with Gasteiger partial charge in [-0.15, -0.1) is 0 Å². The van der Waals surface area contributed by atoms with Crippen molar-refractivity contribution < 1.29 is 4.79 Å². The number of aromatic nitrogens is 6. The van der Waals surface area contributed by atoms with E-state index in [4.69, 9.17) is 4.98 Å². The molecule has 1 amide bonds. The van der Waals surface area contributed by atoms with Crippen LogP contribution in [-0.4, -0.2) is 41.8 Å². The van der Waals surface area contributed by atoms with Crippen LogP contribution in [-0.2, 0) is 19.0 Å². The number of aryl methyl sites for hydroxylation is 2. The Morgan fingerprint density at radius 1 is 1.15 bits per heavy atom. The number of hydrogen-bond acceptors (Lipinski definition) is 8. The monoisotopic (exact) mass is 544 g/mol. The average molecular weight is 545 g/mol. The molecule has 0 spiro atoms. The van der Waals surface area contributed by atoms with Crippen molar-refractivity contribution in [1.29, 1.82) is 5.26 Å². The van der Waals surface area contributed by atoms with E-state index in [9.17, 15) is 10.1 Å². The molecule has 3 aliphatic rings. The molecule has 204 valence electrons. The van der Waals surface area contributed by atoms with Crippen LogP contribution in [0.3, 0.4) is 0 Å². The highest BCUT2D eigenvalue weighted by molar-refractivity contribution is 6.03. The molecule has 5 heterocycles. The van der Waals surface area contributed by atoms with Gasteiger partial charge in [-0.25, -0.2) is 9.98 Å². The van der Waals surface area contributed by atoms with Gasteiger partial charge in [0.15, 0.2) is 0 Å². The van der Waals surface area contributed by atoms with E-state index in [2.05, 4.69) is 47.4 Å². The Labute approximate surface area is 236 Å². The third kappa shape index (κ3) is 4.91. The lowest BCUT2D eigenvalue weighted by atomic mass is 9.86. The van der Waals surface area contributed by atoms with Crippen molar-refractivity contribution in [2.24, 2.45) is 12.0 Å². The molecular formula is C30H28N10O. The van der Waals surface area contributed by atoms with E-state index in [1.165, 1.54) is 0 Å². The fourth-order valence-electron chi connectivity index (χ4n) is 4.89. The fraction of sp³-hybridized carbons (Fsp3) is 0.233. The number of nitrogens with zero attached hydrogens (tertiary/aromatic N) is 8. The fourth-order valence-corrected chi connectivity index (χ4v) is 4.89. The molecule has 2 N–H and O–H groups in total. The van der Waals surface area contributed by atoms with Crippen molar-refractivity contribution in [1.82, 2.24) is 29.3 Å². The Morgan fingerprint density at radius 2 is 2.00 bits per heavy atom. The number of pyridine rings is 2. The van der Waals surface area contributed by atoms with E-state index in [-0.39, 0.29) is 11.6 Å². The minimum Gasteiger partial charge on any atom is -0.369 e. The summed E-state index contributed by atoms with van der Waals surface area (Å²) < 4.78 is 3.83. The van der Waals surface area contributed by atoms with Gasteiger partial charge >= 0.3 is 0 Å². The van der Waals surface area contributed by atoms with Gasteiger partial charge in [-0.05, 0) is 67.8 Å². The molecule has 0 fully saturated rings. The van der Waals surface area contributed by atoms with Gasteiger partial charge in [0.25, 0.3) is 11.5 Å². The standard InChI is InChI=1S/C30H28N10O/c1-18-5-6-21(36-28(41)25-12-20(7-8-32-25)30(2,3)17-31)13-23(18)24-11-19-14-34-29(37-22-15-35-39(4)16-22)38-26(19)40-10-9-33-27(24)40/h5-8,11-16,33H,9-10H2,1-4H3,(H,36,41). The van der Waals surface area contributed by atoms with E-state index in [1.54, 1.807) is 35.4 Å². The molecule has 0 bridgehead atoms. The van der Waals surface area contributed by atoms with Crippen molar-refractivity contribution in [3.8, 4) is 28.6 Å². The van der Waals surface area contributed by atoms with Crippen molar-refractivity contribution in [3.05, 3.63) is 83.6 Å². The Kier molecular flexibility index (Phi) is 6.30.